The van der Waals surface area contributed by atoms with Gasteiger partial charge in [0.15, 0.2) is 23.1 Å². The van der Waals surface area contributed by atoms with Gasteiger partial charge in [-0.15, -0.1) is 0 Å². The lowest BCUT2D eigenvalue weighted by molar-refractivity contribution is -0.137. The largest absolute Gasteiger partial charge is 0.494 e. The highest BCUT2D eigenvalue weighted by molar-refractivity contribution is 5.94. The molecule has 0 aliphatic carbocycles. The number of nitrogens with two attached hydrogens (primary N) is 1. The van der Waals surface area contributed by atoms with E-state index in [1.165, 1.54) is 50.6 Å². The predicted octanol–water partition coefficient (Wildman–Crippen LogP) is 6.97. The molecule has 52 heavy (non-hydrogen) atoms. The smallest absolute Gasteiger partial charge is 0.416 e. The number of halogens is 5. The number of alkyl halides is 3. The van der Waals surface area contributed by atoms with Crippen molar-refractivity contribution in [3.05, 3.63) is 113 Å². The Balaban J connectivity index is 1.55. The van der Waals surface area contributed by atoms with E-state index in [0.29, 0.717) is 48.7 Å². The number of amides is 1. The topological polar surface area (TPSA) is 110 Å². The molecule has 0 saturated heterocycles. The highest BCUT2D eigenvalue weighted by Gasteiger charge is 2.31. The Bertz CT molecular complexity index is 1980. The van der Waals surface area contributed by atoms with Crippen molar-refractivity contribution in [2.75, 3.05) is 53.7 Å². The number of hydrogen-bond donors (Lipinski definition) is 2. The zero-order valence-electron chi connectivity index (χ0n) is 28.4. The summed E-state index contributed by atoms with van der Waals surface area (Å²) in [6.45, 7) is 2.20. The first-order valence-corrected chi connectivity index (χ1v) is 16.2. The van der Waals surface area contributed by atoms with Crippen LogP contribution in [0.4, 0.5) is 22.0 Å². The van der Waals surface area contributed by atoms with Crippen molar-refractivity contribution >= 4 is 5.91 Å². The molecule has 0 spiro atoms. The van der Waals surface area contributed by atoms with E-state index >= 15 is 8.78 Å². The van der Waals surface area contributed by atoms with Crippen LogP contribution in [-0.4, -0.2) is 69.2 Å². The molecule has 1 heterocycles. The number of benzene rings is 4. The Hall–Kier alpha value is -5.31. The fourth-order valence-corrected chi connectivity index (χ4v) is 5.47. The van der Waals surface area contributed by atoms with Crippen molar-refractivity contribution in [2.45, 2.75) is 12.7 Å². The normalized spacial score (nSPS) is 11.5. The van der Waals surface area contributed by atoms with E-state index in [-0.39, 0.29) is 59.7 Å². The maximum absolute atomic E-state index is 15.2. The number of methoxy groups -OCH3 is 2. The minimum Gasteiger partial charge on any atom is -0.494 e. The monoisotopic (exact) mass is 724 g/mol. The molecule has 0 aliphatic heterocycles. The van der Waals surface area contributed by atoms with Gasteiger partial charge in [0.2, 0.25) is 0 Å². The summed E-state index contributed by atoms with van der Waals surface area (Å²) < 4.78 is 94.4. The number of nitrogens with one attached hydrogen (secondary N) is 1. The predicted molar refractivity (Wildman–Crippen MR) is 185 cm³/mol. The van der Waals surface area contributed by atoms with Gasteiger partial charge in [-0.05, 0) is 66.2 Å². The lowest BCUT2D eigenvalue weighted by atomic mass is 10.0. The van der Waals surface area contributed by atoms with Crippen molar-refractivity contribution in [3.63, 3.8) is 0 Å². The molecule has 9 nitrogen and oxygen atoms in total. The van der Waals surface area contributed by atoms with Crippen LogP contribution in [0.1, 0.15) is 21.5 Å². The molecule has 0 radical (unpaired) electrons. The average molecular weight is 725 g/mol. The molecule has 5 rings (SSSR count). The zero-order valence-corrected chi connectivity index (χ0v) is 28.4. The fraction of sp³-hybridized carbons (Fsp3) is 0.263. The van der Waals surface area contributed by atoms with Gasteiger partial charge in [0.1, 0.15) is 5.82 Å². The third-order valence-electron chi connectivity index (χ3n) is 7.99. The molecule has 0 aliphatic rings. The van der Waals surface area contributed by atoms with Crippen molar-refractivity contribution in [1.82, 2.24) is 14.9 Å². The van der Waals surface area contributed by atoms with Crippen molar-refractivity contribution in [3.8, 4) is 45.4 Å². The molecule has 1 aromatic heterocycles. The Kier molecular flexibility index (Phi) is 12.6. The van der Waals surface area contributed by atoms with Crippen LogP contribution in [0.2, 0.25) is 0 Å². The molecule has 0 saturated carbocycles. The van der Waals surface area contributed by atoms with Crippen LogP contribution < -0.4 is 20.5 Å². The summed E-state index contributed by atoms with van der Waals surface area (Å²) >= 11 is 0. The highest BCUT2D eigenvalue weighted by Crippen LogP contribution is 2.40. The molecular formula is C38H37F5N4O5. The number of nitrogens with zero attached hydrogens (tertiary/aromatic N) is 2. The summed E-state index contributed by atoms with van der Waals surface area (Å²) in [5.74, 6) is -1.66. The molecule has 0 unspecified atom stereocenters. The number of hydrogen-bond acceptors (Lipinski definition) is 7. The second-order valence-electron chi connectivity index (χ2n) is 11.5. The van der Waals surface area contributed by atoms with Crippen LogP contribution in [0, 0.1) is 11.6 Å². The summed E-state index contributed by atoms with van der Waals surface area (Å²) in [7, 11) is 2.63. The van der Waals surface area contributed by atoms with Gasteiger partial charge in [-0.2, -0.15) is 13.2 Å². The van der Waals surface area contributed by atoms with E-state index in [4.69, 9.17) is 29.7 Å². The molecule has 274 valence electrons. The minimum atomic E-state index is -4.64. The highest BCUT2D eigenvalue weighted by atomic mass is 19.4. The van der Waals surface area contributed by atoms with Crippen LogP contribution in [0.5, 0.6) is 11.5 Å². The van der Waals surface area contributed by atoms with Gasteiger partial charge in [0.25, 0.3) is 5.91 Å². The van der Waals surface area contributed by atoms with Gasteiger partial charge in [-0.25, -0.2) is 13.8 Å². The fourth-order valence-electron chi connectivity index (χ4n) is 5.47. The lowest BCUT2D eigenvalue weighted by Gasteiger charge is -2.16. The standard InChI is InChI=1S/C38H37F5N4O5/c1-49-32-12-10-26(21-30(32)39)34-35(27-11-13-33(50-2)31(40)22-27)47(36(46-34)28-4-3-5-29(20-28)38(41,42)43)23-24-6-8-25(9-7-24)37(48)45-15-17-52-19-18-51-16-14-44/h3-13,20-22H,14-19,23,44H2,1-2H3,(H,45,48). The number of aromatic nitrogens is 2. The lowest BCUT2D eigenvalue weighted by Crippen LogP contribution is -2.27. The van der Waals surface area contributed by atoms with E-state index in [1.807, 2.05) is 0 Å². The zero-order chi connectivity index (χ0) is 37.3. The van der Waals surface area contributed by atoms with Gasteiger partial charge in [0.05, 0.1) is 57.6 Å². The quantitative estimate of drug-likeness (QED) is 0.0836. The Labute approximate surface area is 297 Å². The minimum absolute atomic E-state index is 0.0251. The molecule has 0 fully saturated rings. The van der Waals surface area contributed by atoms with Crippen molar-refractivity contribution in [1.29, 1.82) is 0 Å². The van der Waals surface area contributed by atoms with Crippen molar-refractivity contribution in [2.24, 2.45) is 5.73 Å². The molecular weight excluding hydrogens is 687 g/mol. The second-order valence-corrected chi connectivity index (χ2v) is 11.5. The van der Waals surface area contributed by atoms with E-state index in [9.17, 15) is 18.0 Å². The summed E-state index contributed by atoms with van der Waals surface area (Å²) in [5, 5.41) is 2.78. The Morgan fingerprint density at radius 1 is 0.788 bits per heavy atom. The van der Waals surface area contributed by atoms with Gasteiger partial charge >= 0.3 is 6.18 Å². The van der Waals surface area contributed by atoms with E-state index in [0.717, 1.165) is 12.1 Å². The third kappa shape index (κ3) is 9.12. The van der Waals surface area contributed by atoms with Crippen LogP contribution in [0.15, 0.2) is 84.9 Å². The Morgan fingerprint density at radius 3 is 2.04 bits per heavy atom. The Morgan fingerprint density at radius 2 is 1.42 bits per heavy atom. The summed E-state index contributed by atoms with van der Waals surface area (Å²) in [5.41, 5.74) is 6.67. The second kappa shape index (κ2) is 17.3. The summed E-state index contributed by atoms with van der Waals surface area (Å²) in [6, 6.07) is 19.7. The molecule has 1 amide bonds. The summed E-state index contributed by atoms with van der Waals surface area (Å²) in [4.78, 5) is 17.6. The van der Waals surface area contributed by atoms with Crippen LogP contribution >= 0.6 is 0 Å². The first-order chi connectivity index (χ1) is 25.0. The maximum Gasteiger partial charge on any atom is 0.416 e. The van der Waals surface area contributed by atoms with Gasteiger partial charge in [-0.3, -0.25) is 4.79 Å². The summed E-state index contributed by atoms with van der Waals surface area (Å²) in [6.07, 6.45) is -4.64. The number of ether oxygens (including phenoxy) is 4. The van der Waals surface area contributed by atoms with Gasteiger partial charge in [-0.1, -0.05) is 24.3 Å². The molecule has 0 bridgehead atoms. The molecule has 5 aromatic rings. The number of imidazole rings is 1. The SMILES string of the molecule is COc1ccc(-c2nc(-c3cccc(C(F)(F)F)c3)n(Cc3ccc(C(=O)NCCOCCOCCN)cc3)c2-c2ccc(OC)c(F)c2)cc1F. The van der Waals surface area contributed by atoms with E-state index < -0.39 is 23.4 Å². The first kappa shape index (κ1) is 37.9. The third-order valence-corrected chi connectivity index (χ3v) is 7.99. The number of rotatable bonds is 16. The average Bonchev–Trinajstić information content (AvgIpc) is 3.51. The van der Waals surface area contributed by atoms with E-state index in [2.05, 4.69) is 5.32 Å². The molecule has 0 atom stereocenters. The first-order valence-electron chi connectivity index (χ1n) is 16.2. The molecule has 4 aromatic carbocycles. The van der Waals surface area contributed by atoms with Crippen LogP contribution in [0.25, 0.3) is 33.9 Å². The molecule has 3 N–H and O–H groups in total. The van der Waals surface area contributed by atoms with E-state index in [1.54, 1.807) is 41.0 Å². The van der Waals surface area contributed by atoms with Gasteiger partial charge < -0.3 is 34.6 Å². The maximum atomic E-state index is 15.2. The van der Waals surface area contributed by atoms with Crippen molar-refractivity contribution < 1.29 is 45.7 Å². The van der Waals surface area contributed by atoms with Crippen LogP contribution in [0.3, 0.4) is 0 Å². The van der Waals surface area contributed by atoms with Crippen LogP contribution in [-0.2, 0) is 22.2 Å². The number of carbonyl (C=O) groups is 1. The number of carbonyl (C=O) groups excluding carboxylic acids is 1. The molecule has 14 heteroatoms. The van der Waals surface area contributed by atoms with Gasteiger partial charge in [0, 0.05) is 41.9 Å².